The van der Waals surface area contributed by atoms with Gasteiger partial charge in [-0.25, -0.2) is 0 Å². The third-order valence-electron chi connectivity index (χ3n) is 4.35. The fourth-order valence-corrected chi connectivity index (χ4v) is 2.74. The van der Waals surface area contributed by atoms with Crippen LogP contribution in [0.2, 0.25) is 0 Å². The van der Waals surface area contributed by atoms with Gasteiger partial charge in [0.15, 0.2) is 0 Å². The first-order chi connectivity index (χ1) is 9.02. The highest BCUT2D eigenvalue weighted by Gasteiger charge is 2.29. The molecular formula is C15H23N3O. The van der Waals surface area contributed by atoms with E-state index in [4.69, 9.17) is 5.73 Å². The molecule has 0 heterocycles. The summed E-state index contributed by atoms with van der Waals surface area (Å²) in [6.07, 6.45) is 2.40. The fraction of sp³-hybridized carbons (Fsp3) is 0.533. The molecule has 1 aliphatic rings. The third kappa shape index (κ3) is 2.83. The Morgan fingerprint density at radius 2 is 2.05 bits per heavy atom. The third-order valence-corrected chi connectivity index (χ3v) is 4.35. The summed E-state index contributed by atoms with van der Waals surface area (Å²) in [6, 6.07) is 5.82. The van der Waals surface area contributed by atoms with Gasteiger partial charge in [-0.2, -0.15) is 0 Å². The van der Waals surface area contributed by atoms with E-state index in [0.717, 1.165) is 18.0 Å². The van der Waals surface area contributed by atoms with E-state index in [-0.39, 0.29) is 5.91 Å². The number of hydrogen-bond acceptors (Lipinski definition) is 3. The van der Waals surface area contributed by atoms with Crippen molar-refractivity contribution in [2.24, 2.45) is 11.8 Å². The number of nitrogens with two attached hydrogens (primary N) is 1. The summed E-state index contributed by atoms with van der Waals surface area (Å²) in [5, 5.41) is 6.13. The lowest BCUT2D eigenvalue weighted by Gasteiger charge is -2.22. The number of rotatable bonds is 3. The molecule has 1 saturated carbocycles. The predicted molar refractivity (Wildman–Crippen MR) is 79.2 cm³/mol. The number of nitrogen functional groups attached to an aromatic ring is 1. The van der Waals surface area contributed by atoms with Crippen molar-refractivity contribution >= 4 is 17.3 Å². The van der Waals surface area contributed by atoms with Crippen LogP contribution in [0.3, 0.4) is 0 Å². The van der Waals surface area contributed by atoms with Gasteiger partial charge in [0.1, 0.15) is 0 Å². The lowest BCUT2D eigenvalue weighted by atomic mass is 9.97. The van der Waals surface area contributed by atoms with Gasteiger partial charge in [-0.1, -0.05) is 13.8 Å². The van der Waals surface area contributed by atoms with Gasteiger partial charge in [-0.3, -0.25) is 4.79 Å². The number of carbonyl (C=O) groups is 1. The minimum Gasteiger partial charge on any atom is -0.397 e. The maximum atomic E-state index is 11.7. The number of amides is 1. The Balaban J connectivity index is 2.17. The molecule has 104 valence electrons. The summed E-state index contributed by atoms with van der Waals surface area (Å²) in [4.78, 5) is 11.7. The van der Waals surface area contributed by atoms with Crippen molar-refractivity contribution in [3.05, 3.63) is 23.8 Å². The highest BCUT2D eigenvalue weighted by Crippen LogP contribution is 2.34. The summed E-state index contributed by atoms with van der Waals surface area (Å²) in [5.41, 5.74) is 8.19. The van der Waals surface area contributed by atoms with E-state index in [9.17, 15) is 4.79 Å². The van der Waals surface area contributed by atoms with Crippen LogP contribution in [0.5, 0.6) is 0 Å². The van der Waals surface area contributed by atoms with Crippen molar-refractivity contribution in [3.63, 3.8) is 0 Å². The second-order valence-corrected chi connectivity index (χ2v) is 5.55. The quantitative estimate of drug-likeness (QED) is 0.732. The molecule has 0 bridgehead atoms. The summed E-state index contributed by atoms with van der Waals surface area (Å²) >= 11 is 0. The average Bonchev–Trinajstić information content (AvgIpc) is 2.72. The molecule has 0 aromatic heterocycles. The molecule has 3 unspecified atom stereocenters. The highest BCUT2D eigenvalue weighted by atomic mass is 16.1. The van der Waals surface area contributed by atoms with Gasteiger partial charge in [-0.05, 0) is 42.9 Å². The van der Waals surface area contributed by atoms with Gasteiger partial charge in [-0.15, -0.1) is 0 Å². The molecule has 1 amide bonds. The topological polar surface area (TPSA) is 67.2 Å². The summed E-state index contributed by atoms with van der Waals surface area (Å²) in [5.74, 6) is 1.28. The summed E-state index contributed by atoms with van der Waals surface area (Å²) in [6.45, 7) is 4.56. The number of benzene rings is 1. The molecule has 0 saturated heterocycles. The molecule has 3 atom stereocenters. The lowest BCUT2D eigenvalue weighted by Crippen LogP contribution is -2.25. The van der Waals surface area contributed by atoms with Crippen LogP contribution in [0.1, 0.15) is 37.0 Å². The van der Waals surface area contributed by atoms with E-state index >= 15 is 0 Å². The molecule has 1 fully saturated rings. The van der Waals surface area contributed by atoms with Crippen LogP contribution >= 0.6 is 0 Å². The zero-order chi connectivity index (χ0) is 14.0. The summed E-state index contributed by atoms with van der Waals surface area (Å²) < 4.78 is 0. The van der Waals surface area contributed by atoms with E-state index in [0.29, 0.717) is 23.2 Å². The Morgan fingerprint density at radius 3 is 2.63 bits per heavy atom. The van der Waals surface area contributed by atoms with Crippen LogP contribution in [-0.2, 0) is 0 Å². The van der Waals surface area contributed by atoms with Crippen LogP contribution in [-0.4, -0.2) is 19.0 Å². The van der Waals surface area contributed by atoms with Gasteiger partial charge in [0.05, 0.1) is 11.4 Å². The second-order valence-electron chi connectivity index (χ2n) is 5.55. The standard InChI is InChI=1S/C15H23N3O/c1-9-4-7-13(10(9)2)18-14-8-11(15(19)17-3)5-6-12(14)16/h5-6,8-10,13,18H,4,7,16H2,1-3H3,(H,17,19). The second kappa shape index (κ2) is 5.51. The molecule has 1 aromatic rings. The minimum atomic E-state index is -0.0871. The van der Waals surface area contributed by atoms with Gasteiger partial charge in [0, 0.05) is 18.7 Å². The first-order valence-corrected chi connectivity index (χ1v) is 6.91. The molecule has 2 rings (SSSR count). The minimum absolute atomic E-state index is 0.0871. The zero-order valence-electron chi connectivity index (χ0n) is 11.9. The molecule has 4 heteroatoms. The fourth-order valence-electron chi connectivity index (χ4n) is 2.74. The van der Waals surface area contributed by atoms with Crippen molar-refractivity contribution < 1.29 is 4.79 Å². The van der Waals surface area contributed by atoms with Crippen LogP contribution in [0.4, 0.5) is 11.4 Å². The maximum absolute atomic E-state index is 11.7. The van der Waals surface area contributed by atoms with E-state index in [2.05, 4.69) is 24.5 Å². The molecule has 0 aliphatic heterocycles. The molecule has 0 spiro atoms. The van der Waals surface area contributed by atoms with Gasteiger partial charge >= 0.3 is 0 Å². The monoisotopic (exact) mass is 261 g/mol. The van der Waals surface area contributed by atoms with Crippen LogP contribution in [0, 0.1) is 11.8 Å². The molecule has 4 nitrogen and oxygen atoms in total. The van der Waals surface area contributed by atoms with Crippen molar-refractivity contribution in [2.45, 2.75) is 32.7 Å². The Bertz CT molecular complexity index is 472. The van der Waals surface area contributed by atoms with Gasteiger partial charge in [0.2, 0.25) is 0 Å². The molecule has 4 N–H and O–H groups in total. The highest BCUT2D eigenvalue weighted by molar-refractivity contribution is 5.96. The van der Waals surface area contributed by atoms with E-state index in [1.54, 1.807) is 19.2 Å². The number of nitrogens with one attached hydrogen (secondary N) is 2. The van der Waals surface area contributed by atoms with Crippen molar-refractivity contribution in [3.8, 4) is 0 Å². The van der Waals surface area contributed by atoms with Gasteiger partial charge < -0.3 is 16.4 Å². The van der Waals surface area contributed by atoms with Crippen molar-refractivity contribution in [1.82, 2.24) is 5.32 Å². The Labute approximate surface area is 114 Å². The Hall–Kier alpha value is -1.71. The van der Waals surface area contributed by atoms with Crippen LogP contribution < -0.4 is 16.4 Å². The van der Waals surface area contributed by atoms with Crippen molar-refractivity contribution in [2.75, 3.05) is 18.1 Å². The smallest absolute Gasteiger partial charge is 0.251 e. The van der Waals surface area contributed by atoms with E-state index < -0.39 is 0 Å². The number of hydrogen-bond donors (Lipinski definition) is 3. The molecule has 0 radical (unpaired) electrons. The lowest BCUT2D eigenvalue weighted by molar-refractivity contribution is 0.0963. The first-order valence-electron chi connectivity index (χ1n) is 6.91. The molecule has 1 aromatic carbocycles. The molecule has 1 aliphatic carbocycles. The maximum Gasteiger partial charge on any atom is 0.251 e. The predicted octanol–water partition coefficient (Wildman–Crippen LogP) is 2.47. The van der Waals surface area contributed by atoms with Crippen LogP contribution in [0.15, 0.2) is 18.2 Å². The average molecular weight is 261 g/mol. The van der Waals surface area contributed by atoms with Gasteiger partial charge in [0.25, 0.3) is 5.91 Å². The molecular weight excluding hydrogens is 238 g/mol. The first kappa shape index (κ1) is 13.7. The normalized spacial score (nSPS) is 26.2. The SMILES string of the molecule is CNC(=O)c1ccc(N)c(NC2CCC(C)C2C)c1. The Morgan fingerprint density at radius 1 is 1.32 bits per heavy atom. The largest absolute Gasteiger partial charge is 0.397 e. The number of carbonyl (C=O) groups excluding carboxylic acids is 1. The van der Waals surface area contributed by atoms with E-state index in [1.165, 1.54) is 6.42 Å². The molecule has 19 heavy (non-hydrogen) atoms. The van der Waals surface area contributed by atoms with Crippen LogP contribution in [0.25, 0.3) is 0 Å². The number of anilines is 2. The van der Waals surface area contributed by atoms with E-state index in [1.807, 2.05) is 6.07 Å². The summed E-state index contributed by atoms with van der Waals surface area (Å²) in [7, 11) is 1.63. The Kier molecular flexibility index (Phi) is 3.98. The zero-order valence-corrected chi connectivity index (χ0v) is 11.9. The van der Waals surface area contributed by atoms with Crippen molar-refractivity contribution in [1.29, 1.82) is 0 Å².